The van der Waals surface area contributed by atoms with Crippen LogP contribution < -0.4 is 0 Å². The molecule has 0 aromatic carbocycles. The Labute approximate surface area is 98.0 Å². The van der Waals surface area contributed by atoms with Gasteiger partial charge in [-0.05, 0) is 31.1 Å². The third-order valence-electron chi connectivity index (χ3n) is 4.06. The van der Waals surface area contributed by atoms with Crippen LogP contribution in [0.15, 0.2) is 24.3 Å². The van der Waals surface area contributed by atoms with Gasteiger partial charge in [0.15, 0.2) is 0 Å². The quantitative estimate of drug-likeness (QED) is 0.778. The van der Waals surface area contributed by atoms with Crippen molar-refractivity contribution in [3.8, 4) is 0 Å². The zero-order valence-corrected chi connectivity index (χ0v) is 10.5. The molecule has 0 amide bonds. The van der Waals surface area contributed by atoms with E-state index in [2.05, 4.69) is 19.9 Å². The highest BCUT2D eigenvalue weighted by molar-refractivity contribution is 5.24. The van der Waals surface area contributed by atoms with E-state index in [0.717, 1.165) is 25.7 Å². The summed E-state index contributed by atoms with van der Waals surface area (Å²) >= 11 is 0. The molecular weight excluding hydrogens is 200 g/mol. The van der Waals surface area contributed by atoms with Crippen LogP contribution in [-0.4, -0.2) is 23.4 Å². The molecule has 1 unspecified atom stereocenters. The highest BCUT2D eigenvalue weighted by atomic mass is 16.5. The first-order valence-electron chi connectivity index (χ1n) is 6.08. The molecule has 90 valence electrons. The number of allylic oxidation sites excluding steroid dienone is 3. The summed E-state index contributed by atoms with van der Waals surface area (Å²) in [4.78, 5) is 0. The van der Waals surface area contributed by atoms with Crippen LogP contribution in [0.5, 0.6) is 0 Å². The summed E-state index contributed by atoms with van der Waals surface area (Å²) < 4.78 is 5.53. The molecule has 2 aliphatic rings. The Bertz CT molecular complexity index is 324. The molecule has 0 aromatic heterocycles. The Morgan fingerprint density at radius 1 is 1.00 bits per heavy atom. The number of hydrogen-bond donors (Lipinski definition) is 1. The van der Waals surface area contributed by atoms with Crippen molar-refractivity contribution in [2.45, 2.75) is 50.7 Å². The molecular formula is C14H22O2. The fourth-order valence-electron chi connectivity index (χ4n) is 2.52. The summed E-state index contributed by atoms with van der Waals surface area (Å²) in [5.41, 5.74) is -0.947. The van der Waals surface area contributed by atoms with Gasteiger partial charge in [-0.1, -0.05) is 38.2 Å². The van der Waals surface area contributed by atoms with E-state index in [9.17, 15) is 5.11 Å². The number of aliphatic hydroxyl groups is 1. The summed E-state index contributed by atoms with van der Waals surface area (Å²) in [6.45, 7) is 4.41. The fraction of sp³-hybridized carbons (Fsp3) is 0.714. The van der Waals surface area contributed by atoms with Crippen molar-refractivity contribution in [3.05, 3.63) is 24.3 Å². The molecule has 0 saturated heterocycles. The predicted octanol–water partition coefficient (Wildman–Crippen LogP) is 2.83. The second-order valence-corrected chi connectivity index (χ2v) is 5.83. The first-order chi connectivity index (χ1) is 7.43. The highest BCUT2D eigenvalue weighted by Gasteiger charge is 2.58. The molecule has 2 aliphatic carbocycles. The first kappa shape index (κ1) is 11.9. The average molecular weight is 222 g/mol. The molecule has 1 N–H and O–H groups in total. The standard InChI is InChI=1S/C14H22O2/c1-12(2)6-4-5-7-13(15,9-8-12)14(16-3)10-11-14/h4-7,15H,8-11H2,1-3H3. The SMILES string of the molecule is COC1(C2(O)C=CC=CC(C)(C)CC2)CC1. The zero-order valence-electron chi connectivity index (χ0n) is 10.5. The van der Waals surface area contributed by atoms with Crippen LogP contribution in [0.1, 0.15) is 39.5 Å². The Kier molecular flexibility index (Phi) is 2.75. The summed E-state index contributed by atoms with van der Waals surface area (Å²) in [5, 5.41) is 10.8. The first-order valence-corrected chi connectivity index (χ1v) is 6.08. The molecule has 2 rings (SSSR count). The van der Waals surface area contributed by atoms with Crippen LogP contribution in [-0.2, 0) is 4.74 Å². The minimum atomic E-state index is -0.788. The van der Waals surface area contributed by atoms with E-state index in [-0.39, 0.29) is 11.0 Å². The van der Waals surface area contributed by atoms with Crippen LogP contribution in [0, 0.1) is 5.41 Å². The van der Waals surface area contributed by atoms with E-state index in [1.807, 2.05) is 18.2 Å². The van der Waals surface area contributed by atoms with Crippen LogP contribution in [0.2, 0.25) is 0 Å². The van der Waals surface area contributed by atoms with Crippen molar-refractivity contribution in [1.82, 2.24) is 0 Å². The normalized spacial score (nSPS) is 35.5. The molecule has 2 heteroatoms. The van der Waals surface area contributed by atoms with Gasteiger partial charge >= 0.3 is 0 Å². The van der Waals surface area contributed by atoms with Crippen molar-refractivity contribution < 1.29 is 9.84 Å². The number of rotatable bonds is 2. The van der Waals surface area contributed by atoms with E-state index in [0.29, 0.717) is 0 Å². The topological polar surface area (TPSA) is 29.5 Å². The summed E-state index contributed by atoms with van der Waals surface area (Å²) in [5.74, 6) is 0. The van der Waals surface area contributed by atoms with Gasteiger partial charge in [0.2, 0.25) is 0 Å². The zero-order chi connectivity index (χ0) is 11.9. The molecule has 0 heterocycles. The average Bonchev–Trinajstić information content (AvgIpc) is 3.01. The molecule has 1 saturated carbocycles. The van der Waals surface area contributed by atoms with Crippen LogP contribution in [0.4, 0.5) is 0 Å². The van der Waals surface area contributed by atoms with Gasteiger partial charge in [0.05, 0.1) is 0 Å². The Morgan fingerprint density at radius 2 is 1.62 bits per heavy atom. The minimum absolute atomic E-state index is 0.155. The van der Waals surface area contributed by atoms with Crippen molar-refractivity contribution in [1.29, 1.82) is 0 Å². The lowest BCUT2D eigenvalue weighted by Crippen LogP contribution is -2.44. The molecule has 0 aliphatic heterocycles. The molecule has 0 spiro atoms. The Hall–Kier alpha value is -0.600. The highest BCUT2D eigenvalue weighted by Crippen LogP contribution is 2.51. The van der Waals surface area contributed by atoms with Crippen LogP contribution in [0.3, 0.4) is 0 Å². The monoisotopic (exact) mass is 222 g/mol. The predicted molar refractivity (Wildman–Crippen MR) is 65.2 cm³/mol. The van der Waals surface area contributed by atoms with Crippen LogP contribution >= 0.6 is 0 Å². The number of methoxy groups -OCH3 is 1. The van der Waals surface area contributed by atoms with Crippen molar-refractivity contribution >= 4 is 0 Å². The van der Waals surface area contributed by atoms with E-state index >= 15 is 0 Å². The Morgan fingerprint density at radius 3 is 2.19 bits per heavy atom. The van der Waals surface area contributed by atoms with Crippen molar-refractivity contribution in [2.75, 3.05) is 7.11 Å². The maximum atomic E-state index is 10.8. The second kappa shape index (κ2) is 3.71. The molecule has 2 nitrogen and oxygen atoms in total. The van der Waals surface area contributed by atoms with Gasteiger partial charge in [0, 0.05) is 7.11 Å². The van der Waals surface area contributed by atoms with Gasteiger partial charge in [-0.15, -0.1) is 0 Å². The summed E-state index contributed by atoms with van der Waals surface area (Å²) in [6.07, 6.45) is 11.8. The molecule has 0 bridgehead atoms. The van der Waals surface area contributed by atoms with Gasteiger partial charge in [-0.3, -0.25) is 0 Å². The maximum Gasteiger partial charge on any atom is 0.112 e. The van der Waals surface area contributed by atoms with E-state index < -0.39 is 5.60 Å². The van der Waals surface area contributed by atoms with E-state index in [4.69, 9.17) is 4.74 Å². The minimum Gasteiger partial charge on any atom is -0.383 e. The Balaban J connectivity index is 2.23. The second-order valence-electron chi connectivity index (χ2n) is 5.83. The lowest BCUT2D eigenvalue weighted by atomic mass is 9.78. The molecule has 1 fully saturated rings. The van der Waals surface area contributed by atoms with Crippen molar-refractivity contribution in [3.63, 3.8) is 0 Å². The van der Waals surface area contributed by atoms with Crippen molar-refractivity contribution in [2.24, 2.45) is 5.41 Å². The molecule has 0 radical (unpaired) electrons. The summed E-state index contributed by atoms with van der Waals surface area (Å²) in [7, 11) is 1.71. The molecule has 0 aromatic rings. The lowest BCUT2D eigenvalue weighted by Gasteiger charge is -2.36. The van der Waals surface area contributed by atoms with Gasteiger partial charge in [0.1, 0.15) is 11.2 Å². The lowest BCUT2D eigenvalue weighted by molar-refractivity contribution is -0.0891. The largest absolute Gasteiger partial charge is 0.383 e. The van der Waals surface area contributed by atoms with Gasteiger partial charge in [0.25, 0.3) is 0 Å². The molecule has 1 atom stereocenters. The van der Waals surface area contributed by atoms with E-state index in [1.165, 1.54) is 0 Å². The maximum absolute atomic E-state index is 10.8. The van der Waals surface area contributed by atoms with Gasteiger partial charge < -0.3 is 9.84 Å². The third kappa shape index (κ3) is 1.96. The van der Waals surface area contributed by atoms with Crippen LogP contribution in [0.25, 0.3) is 0 Å². The number of ether oxygens (including phenoxy) is 1. The fourth-order valence-corrected chi connectivity index (χ4v) is 2.52. The van der Waals surface area contributed by atoms with E-state index in [1.54, 1.807) is 7.11 Å². The van der Waals surface area contributed by atoms with Gasteiger partial charge in [-0.25, -0.2) is 0 Å². The smallest absolute Gasteiger partial charge is 0.112 e. The molecule has 16 heavy (non-hydrogen) atoms. The summed E-state index contributed by atoms with van der Waals surface area (Å²) in [6, 6.07) is 0. The number of hydrogen-bond acceptors (Lipinski definition) is 2. The third-order valence-corrected chi connectivity index (χ3v) is 4.06. The van der Waals surface area contributed by atoms with Gasteiger partial charge in [-0.2, -0.15) is 0 Å².